The normalized spacial score (nSPS) is 10.9. The summed E-state index contributed by atoms with van der Waals surface area (Å²) < 4.78 is 5.35. The first-order valence-corrected chi connectivity index (χ1v) is 9.80. The predicted octanol–water partition coefficient (Wildman–Crippen LogP) is 4.42. The third-order valence-electron chi connectivity index (χ3n) is 3.83. The number of hydrogen-bond donors (Lipinski definition) is 1. The van der Waals surface area contributed by atoms with E-state index < -0.39 is 5.97 Å². The van der Waals surface area contributed by atoms with Crippen LogP contribution in [0.25, 0.3) is 5.57 Å². The molecule has 0 spiro atoms. The molecule has 0 saturated heterocycles. The van der Waals surface area contributed by atoms with E-state index in [0.717, 1.165) is 15.4 Å². The number of allylic oxidation sites excluding steroid dienone is 1. The maximum Gasteiger partial charge on any atom is 0.331 e. The minimum atomic E-state index is -0.475. The van der Waals surface area contributed by atoms with E-state index in [-0.39, 0.29) is 13.2 Å². The van der Waals surface area contributed by atoms with E-state index in [9.17, 15) is 10.1 Å². The number of rotatable bonds is 9. The summed E-state index contributed by atoms with van der Waals surface area (Å²) in [6.45, 7) is 7.36. The van der Waals surface area contributed by atoms with Gasteiger partial charge in [-0.15, -0.1) is 0 Å². The van der Waals surface area contributed by atoms with Crippen molar-refractivity contribution in [3.05, 3.63) is 60.2 Å². The van der Waals surface area contributed by atoms with Gasteiger partial charge >= 0.3 is 5.97 Å². The molecular weight excluding hydrogens is 388 g/mol. The average Bonchev–Trinajstić information content (AvgIpc) is 2.73. The third-order valence-corrected chi connectivity index (χ3v) is 4.91. The van der Waals surface area contributed by atoms with Crippen LogP contribution in [0, 0.1) is 11.3 Å². The molecule has 0 aliphatic heterocycles. The number of aliphatic hydroxyl groups excluding tert-OH is 1. The van der Waals surface area contributed by atoms with Crippen molar-refractivity contribution in [3.63, 3.8) is 0 Å². The number of nitriles is 1. The Kier molecular flexibility index (Phi) is 8.46. The van der Waals surface area contributed by atoms with Crippen molar-refractivity contribution in [2.45, 2.75) is 30.1 Å². The van der Waals surface area contributed by atoms with Crippen molar-refractivity contribution in [2.24, 2.45) is 5.16 Å². The van der Waals surface area contributed by atoms with E-state index >= 15 is 0 Å². The largest absolute Gasteiger partial charge is 0.491 e. The Morgan fingerprint density at radius 1 is 1.28 bits per heavy atom. The Labute approximate surface area is 174 Å². The Balaban J connectivity index is 2.15. The van der Waals surface area contributed by atoms with Crippen LogP contribution in [0.4, 0.5) is 0 Å². The van der Waals surface area contributed by atoms with Crippen LogP contribution < -0.4 is 4.74 Å². The van der Waals surface area contributed by atoms with Crippen molar-refractivity contribution in [1.82, 2.24) is 0 Å². The van der Waals surface area contributed by atoms with E-state index in [1.807, 2.05) is 37.3 Å². The molecule has 0 heterocycles. The van der Waals surface area contributed by atoms with Gasteiger partial charge in [0.05, 0.1) is 17.9 Å². The topological polar surface area (TPSA) is 91.9 Å². The van der Waals surface area contributed by atoms with Crippen molar-refractivity contribution in [1.29, 1.82) is 5.26 Å². The molecule has 0 aliphatic carbocycles. The molecule has 0 radical (unpaired) electrons. The molecule has 0 aromatic heterocycles. The summed E-state index contributed by atoms with van der Waals surface area (Å²) >= 11 is 1.46. The third kappa shape index (κ3) is 6.49. The SMILES string of the molecule is C=C(/C(CC)=N/OC(C)=O)c1ccc(Sc2ccc(OCCO)cc2C#N)cc1. The van der Waals surface area contributed by atoms with Gasteiger partial charge in [0.1, 0.15) is 18.4 Å². The lowest BCUT2D eigenvalue weighted by molar-refractivity contribution is -0.140. The number of hydrogen-bond acceptors (Lipinski definition) is 7. The molecular formula is C22H22N2O4S. The summed E-state index contributed by atoms with van der Waals surface area (Å²) in [5.74, 6) is 0.0716. The monoisotopic (exact) mass is 410 g/mol. The van der Waals surface area contributed by atoms with Gasteiger partial charge in [-0.25, -0.2) is 4.79 Å². The van der Waals surface area contributed by atoms with Gasteiger partial charge in [-0.3, -0.25) is 0 Å². The maximum atomic E-state index is 11.0. The number of benzene rings is 2. The molecule has 0 fully saturated rings. The van der Waals surface area contributed by atoms with Crippen LogP contribution in [-0.2, 0) is 9.63 Å². The summed E-state index contributed by atoms with van der Waals surface area (Å²) in [6.07, 6.45) is 0.582. The van der Waals surface area contributed by atoms with Crippen molar-refractivity contribution < 1.29 is 19.5 Å². The Morgan fingerprint density at radius 3 is 2.59 bits per heavy atom. The minimum Gasteiger partial charge on any atom is -0.491 e. The van der Waals surface area contributed by atoms with Crippen molar-refractivity contribution in [3.8, 4) is 11.8 Å². The van der Waals surface area contributed by atoms with E-state index in [1.165, 1.54) is 18.7 Å². The lowest BCUT2D eigenvalue weighted by Gasteiger charge is -2.10. The highest BCUT2D eigenvalue weighted by atomic mass is 32.2. The quantitative estimate of drug-likeness (QED) is 0.374. The smallest absolute Gasteiger partial charge is 0.331 e. The zero-order valence-electron chi connectivity index (χ0n) is 16.3. The predicted molar refractivity (Wildman–Crippen MR) is 113 cm³/mol. The zero-order valence-corrected chi connectivity index (χ0v) is 17.2. The summed E-state index contributed by atoms with van der Waals surface area (Å²) in [5, 5.41) is 22.1. The summed E-state index contributed by atoms with van der Waals surface area (Å²) in [4.78, 5) is 17.5. The summed E-state index contributed by atoms with van der Waals surface area (Å²) in [5.41, 5.74) is 2.66. The molecule has 0 bridgehead atoms. The van der Waals surface area contributed by atoms with Gasteiger partial charge in [-0.05, 0) is 47.9 Å². The first-order valence-electron chi connectivity index (χ1n) is 8.98. The number of oxime groups is 1. The molecule has 2 aromatic rings. The highest BCUT2D eigenvalue weighted by Crippen LogP contribution is 2.33. The Morgan fingerprint density at radius 2 is 2.00 bits per heavy atom. The number of carbonyl (C=O) groups excluding carboxylic acids is 1. The number of ether oxygens (including phenoxy) is 1. The van der Waals surface area contributed by atoms with Gasteiger partial charge in [-0.2, -0.15) is 5.26 Å². The minimum absolute atomic E-state index is 0.0820. The number of nitrogens with zero attached hydrogens (tertiary/aromatic N) is 2. The second-order valence-electron chi connectivity index (χ2n) is 5.92. The highest BCUT2D eigenvalue weighted by molar-refractivity contribution is 7.99. The van der Waals surface area contributed by atoms with Gasteiger partial charge in [0.25, 0.3) is 0 Å². The molecule has 2 rings (SSSR count). The molecule has 0 amide bonds. The first-order chi connectivity index (χ1) is 14.0. The van der Waals surface area contributed by atoms with Crippen molar-refractivity contribution >= 4 is 29.0 Å². The number of aliphatic hydroxyl groups is 1. The summed E-state index contributed by atoms with van der Waals surface area (Å²) in [7, 11) is 0. The molecule has 6 nitrogen and oxygen atoms in total. The molecule has 0 unspecified atom stereocenters. The standard InChI is InChI=1S/C22H22N2O4S/c1-4-21(24-28-16(3)26)15(2)17-5-8-20(9-6-17)29-22-10-7-19(27-12-11-25)13-18(22)14-23/h5-10,13,25H,2,4,11-12H2,1,3H3/b24-21+. The first kappa shape index (κ1) is 22.2. The molecule has 0 saturated carbocycles. The van der Waals surface area contributed by atoms with Gasteiger partial charge in [0.15, 0.2) is 0 Å². The molecule has 7 heteroatoms. The second-order valence-corrected chi connectivity index (χ2v) is 7.04. The lowest BCUT2D eigenvalue weighted by Crippen LogP contribution is -2.03. The maximum absolute atomic E-state index is 11.0. The van der Waals surface area contributed by atoms with Crippen LogP contribution in [0.1, 0.15) is 31.4 Å². The van der Waals surface area contributed by atoms with Gasteiger partial charge in [0.2, 0.25) is 0 Å². The van der Waals surface area contributed by atoms with Gasteiger partial charge in [0, 0.05) is 16.7 Å². The Hall–Kier alpha value is -3.08. The lowest BCUT2D eigenvalue weighted by atomic mass is 10.0. The second kappa shape index (κ2) is 11.1. The van der Waals surface area contributed by atoms with Gasteiger partial charge in [-0.1, -0.05) is 42.6 Å². The molecule has 0 atom stereocenters. The number of carbonyl (C=O) groups is 1. The van der Waals surface area contributed by atoms with Crippen LogP contribution in [0.15, 0.2) is 64.0 Å². The van der Waals surface area contributed by atoms with E-state index in [4.69, 9.17) is 14.7 Å². The van der Waals surface area contributed by atoms with Crippen molar-refractivity contribution in [2.75, 3.05) is 13.2 Å². The molecule has 1 N–H and O–H groups in total. The summed E-state index contributed by atoms with van der Waals surface area (Å²) in [6, 6.07) is 15.1. The zero-order chi connectivity index (χ0) is 21.2. The molecule has 29 heavy (non-hydrogen) atoms. The van der Waals surface area contributed by atoms with Crippen LogP contribution in [0.2, 0.25) is 0 Å². The van der Waals surface area contributed by atoms with Crippen LogP contribution in [-0.4, -0.2) is 30.0 Å². The van der Waals surface area contributed by atoms with Crippen LogP contribution >= 0.6 is 11.8 Å². The average molecular weight is 410 g/mol. The van der Waals surface area contributed by atoms with E-state index in [0.29, 0.717) is 29.0 Å². The fourth-order valence-corrected chi connectivity index (χ4v) is 3.29. The molecule has 2 aromatic carbocycles. The molecule has 0 aliphatic rings. The molecule has 150 valence electrons. The van der Waals surface area contributed by atoms with Gasteiger partial charge < -0.3 is 14.7 Å². The van der Waals surface area contributed by atoms with Crippen LogP contribution in [0.5, 0.6) is 5.75 Å². The van der Waals surface area contributed by atoms with E-state index in [1.54, 1.807) is 12.1 Å². The van der Waals surface area contributed by atoms with E-state index in [2.05, 4.69) is 17.8 Å². The highest BCUT2D eigenvalue weighted by Gasteiger charge is 2.10. The van der Waals surface area contributed by atoms with Crippen LogP contribution in [0.3, 0.4) is 0 Å². The fourth-order valence-electron chi connectivity index (χ4n) is 2.41. The Bertz CT molecular complexity index is 946. The fraction of sp³-hybridized carbons (Fsp3) is 0.227.